The van der Waals surface area contributed by atoms with Crippen LogP contribution in [0.15, 0.2) is 35.0 Å². The predicted molar refractivity (Wildman–Crippen MR) is 109 cm³/mol. The van der Waals surface area contributed by atoms with E-state index in [2.05, 4.69) is 25.7 Å². The molecular formula is C21H25N5O4. The van der Waals surface area contributed by atoms with Gasteiger partial charge in [0.25, 0.3) is 5.91 Å². The van der Waals surface area contributed by atoms with Crippen LogP contribution in [0.5, 0.6) is 5.88 Å². The fourth-order valence-electron chi connectivity index (χ4n) is 2.77. The molecule has 0 saturated carbocycles. The lowest BCUT2D eigenvalue weighted by atomic mass is 10.0. The Morgan fingerprint density at radius 1 is 1.20 bits per heavy atom. The number of carbonyl (C=O) groups excluding carboxylic acids is 1. The Balaban J connectivity index is 1.67. The molecule has 3 aromatic heterocycles. The fraction of sp³-hybridized carbons (Fsp3) is 0.381. The average Bonchev–Trinajstić information content (AvgIpc) is 3.07. The molecule has 0 aromatic carbocycles. The minimum Gasteiger partial charge on any atom is -0.472 e. The molecule has 3 aromatic rings. The van der Waals surface area contributed by atoms with E-state index in [0.717, 1.165) is 16.8 Å². The summed E-state index contributed by atoms with van der Waals surface area (Å²) in [7, 11) is 0. The molecule has 0 aliphatic heterocycles. The number of aryl methyl sites for hydroxylation is 2. The van der Waals surface area contributed by atoms with Gasteiger partial charge in [0, 0.05) is 35.7 Å². The predicted octanol–water partition coefficient (Wildman–Crippen LogP) is 2.61. The monoisotopic (exact) mass is 411 g/mol. The highest BCUT2D eigenvalue weighted by molar-refractivity contribution is 5.92. The number of hydrogen-bond acceptors (Lipinski definition) is 8. The summed E-state index contributed by atoms with van der Waals surface area (Å²) in [4.78, 5) is 16.6. The van der Waals surface area contributed by atoms with Crippen molar-refractivity contribution in [3.63, 3.8) is 0 Å². The van der Waals surface area contributed by atoms with Gasteiger partial charge < -0.3 is 19.7 Å². The standard InChI is InChI=1S/C21H25N5O4/c1-13-5-6-15(11-22-13)19-16(14(2)30-26-19)12-29-18-8-7-17(24-25-18)20(28)23-21(3,4)9-10-27/h5-8,11,27H,9-10,12H2,1-4H3,(H,23,28). The van der Waals surface area contributed by atoms with Gasteiger partial charge in [0.1, 0.15) is 18.1 Å². The highest BCUT2D eigenvalue weighted by Crippen LogP contribution is 2.26. The van der Waals surface area contributed by atoms with Crippen LogP contribution in [-0.2, 0) is 6.61 Å². The van der Waals surface area contributed by atoms with E-state index in [1.54, 1.807) is 12.3 Å². The molecule has 158 valence electrons. The summed E-state index contributed by atoms with van der Waals surface area (Å²) in [5.74, 6) is 0.548. The summed E-state index contributed by atoms with van der Waals surface area (Å²) >= 11 is 0. The Kier molecular flexibility index (Phi) is 6.41. The maximum atomic E-state index is 12.3. The van der Waals surface area contributed by atoms with Gasteiger partial charge in [-0.15, -0.1) is 10.2 Å². The van der Waals surface area contributed by atoms with E-state index in [9.17, 15) is 4.79 Å². The molecule has 0 aliphatic rings. The molecule has 3 heterocycles. The highest BCUT2D eigenvalue weighted by atomic mass is 16.5. The van der Waals surface area contributed by atoms with Crippen molar-refractivity contribution in [3.8, 4) is 17.1 Å². The summed E-state index contributed by atoms with van der Waals surface area (Å²) in [5.41, 5.74) is 2.82. The van der Waals surface area contributed by atoms with Crippen molar-refractivity contribution >= 4 is 5.91 Å². The van der Waals surface area contributed by atoms with E-state index in [1.165, 1.54) is 6.07 Å². The number of nitrogens with one attached hydrogen (secondary N) is 1. The van der Waals surface area contributed by atoms with E-state index in [1.807, 2.05) is 39.8 Å². The Labute approximate surface area is 174 Å². The molecule has 30 heavy (non-hydrogen) atoms. The summed E-state index contributed by atoms with van der Waals surface area (Å²) in [5, 5.41) is 23.9. The summed E-state index contributed by atoms with van der Waals surface area (Å²) in [6, 6.07) is 6.95. The number of hydrogen-bond donors (Lipinski definition) is 2. The van der Waals surface area contributed by atoms with Crippen LogP contribution in [0.1, 0.15) is 47.8 Å². The van der Waals surface area contributed by atoms with Crippen molar-refractivity contribution in [3.05, 3.63) is 53.2 Å². The zero-order chi connectivity index (χ0) is 21.7. The van der Waals surface area contributed by atoms with Crippen molar-refractivity contribution in [1.29, 1.82) is 0 Å². The third-order valence-corrected chi connectivity index (χ3v) is 4.60. The Morgan fingerprint density at radius 3 is 2.63 bits per heavy atom. The first-order valence-electron chi connectivity index (χ1n) is 9.57. The van der Waals surface area contributed by atoms with E-state index in [0.29, 0.717) is 17.9 Å². The molecular weight excluding hydrogens is 386 g/mol. The number of aliphatic hydroxyl groups is 1. The Hall–Kier alpha value is -3.33. The van der Waals surface area contributed by atoms with Crippen molar-refractivity contribution in [2.24, 2.45) is 0 Å². The first kappa shape index (κ1) is 21.4. The molecule has 0 unspecified atom stereocenters. The average molecular weight is 411 g/mol. The van der Waals surface area contributed by atoms with Gasteiger partial charge in [0.05, 0.1) is 5.56 Å². The van der Waals surface area contributed by atoms with Gasteiger partial charge in [-0.3, -0.25) is 9.78 Å². The van der Waals surface area contributed by atoms with Gasteiger partial charge in [-0.25, -0.2) is 0 Å². The van der Waals surface area contributed by atoms with Crippen molar-refractivity contribution < 1.29 is 19.2 Å². The minimum atomic E-state index is -0.546. The maximum Gasteiger partial charge on any atom is 0.272 e. The van der Waals surface area contributed by atoms with Crippen LogP contribution >= 0.6 is 0 Å². The van der Waals surface area contributed by atoms with Crippen molar-refractivity contribution in [1.82, 2.24) is 25.7 Å². The van der Waals surface area contributed by atoms with Gasteiger partial charge in [0.15, 0.2) is 5.69 Å². The third-order valence-electron chi connectivity index (χ3n) is 4.60. The first-order valence-corrected chi connectivity index (χ1v) is 9.57. The topological polar surface area (TPSA) is 123 Å². The van der Waals surface area contributed by atoms with Gasteiger partial charge in [-0.2, -0.15) is 0 Å². The molecule has 3 rings (SSSR count). The van der Waals surface area contributed by atoms with Crippen LogP contribution in [-0.4, -0.2) is 43.5 Å². The number of carbonyl (C=O) groups is 1. The summed E-state index contributed by atoms with van der Waals surface area (Å²) in [6.45, 7) is 7.54. The number of ether oxygens (including phenoxy) is 1. The van der Waals surface area contributed by atoms with Crippen molar-refractivity contribution in [2.75, 3.05) is 6.61 Å². The molecule has 0 aliphatic carbocycles. The number of aliphatic hydroxyl groups excluding tert-OH is 1. The summed E-state index contributed by atoms with van der Waals surface area (Å²) in [6.07, 6.45) is 2.17. The van der Waals surface area contributed by atoms with E-state index in [-0.39, 0.29) is 30.7 Å². The molecule has 2 N–H and O–H groups in total. The van der Waals surface area contributed by atoms with Gasteiger partial charge in [-0.05, 0) is 52.3 Å². The number of rotatable bonds is 8. The van der Waals surface area contributed by atoms with Gasteiger partial charge in [0.2, 0.25) is 5.88 Å². The third kappa shape index (κ3) is 5.18. The van der Waals surface area contributed by atoms with Crippen molar-refractivity contribution in [2.45, 2.75) is 46.3 Å². The molecule has 0 spiro atoms. The van der Waals surface area contributed by atoms with Crippen LogP contribution < -0.4 is 10.1 Å². The smallest absolute Gasteiger partial charge is 0.272 e. The molecule has 1 amide bonds. The zero-order valence-corrected chi connectivity index (χ0v) is 17.5. The number of pyridine rings is 1. The molecule has 0 saturated heterocycles. The Morgan fingerprint density at radius 2 is 2.00 bits per heavy atom. The van der Waals surface area contributed by atoms with Gasteiger partial charge in [-0.1, -0.05) is 5.16 Å². The molecule has 9 heteroatoms. The number of amides is 1. The fourth-order valence-corrected chi connectivity index (χ4v) is 2.77. The maximum absolute atomic E-state index is 12.3. The quantitative estimate of drug-likeness (QED) is 0.580. The molecule has 0 fully saturated rings. The summed E-state index contributed by atoms with van der Waals surface area (Å²) < 4.78 is 11.1. The van der Waals surface area contributed by atoms with Crippen LogP contribution in [0, 0.1) is 13.8 Å². The van der Waals surface area contributed by atoms with Gasteiger partial charge >= 0.3 is 0 Å². The largest absolute Gasteiger partial charge is 0.472 e. The zero-order valence-electron chi connectivity index (χ0n) is 17.5. The normalized spacial score (nSPS) is 11.4. The second kappa shape index (κ2) is 9.00. The molecule has 0 bridgehead atoms. The van der Waals surface area contributed by atoms with Crippen LogP contribution in [0.25, 0.3) is 11.3 Å². The first-order chi connectivity index (χ1) is 14.3. The van der Waals surface area contributed by atoms with E-state index < -0.39 is 5.54 Å². The second-order valence-electron chi connectivity index (χ2n) is 7.61. The lowest BCUT2D eigenvalue weighted by Gasteiger charge is -2.24. The molecule has 0 radical (unpaired) electrons. The second-order valence-corrected chi connectivity index (χ2v) is 7.61. The van der Waals surface area contributed by atoms with E-state index in [4.69, 9.17) is 14.4 Å². The number of aromatic nitrogens is 4. The van der Waals surface area contributed by atoms with Crippen LogP contribution in [0.3, 0.4) is 0 Å². The lowest BCUT2D eigenvalue weighted by Crippen LogP contribution is -2.44. The van der Waals surface area contributed by atoms with Crippen LogP contribution in [0.2, 0.25) is 0 Å². The highest BCUT2D eigenvalue weighted by Gasteiger charge is 2.22. The molecule has 9 nitrogen and oxygen atoms in total. The van der Waals surface area contributed by atoms with E-state index >= 15 is 0 Å². The Bertz CT molecular complexity index is 997. The van der Waals surface area contributed by atoms with Crippen LogP contribution in [0.4, 0.5) is 0 Å². The SMILES string of the molecule is Cc1ccc(-c2noc(C)c2COc2ccc(C(=O)NC(C)(C)CCO)nn2)cn1. The molecule has 0 atom stereocenters. The number of nitrogens with zero attached hydrogens (tertiary/aromatic N) is 4. The lowest BCUT2D eigenvalue weighted by molar-refractivity contribution is 0.0893. The minimum absolute atomic E-state index is 0.0192.